The van der Waals surface area contributed by atoms with E-state index in [1.54, 1.807) is 43.3 Å². The lowest BCUT2D eigenvalue weighted by Gasteiger charge is -2.11. The van der Waals surface area contributed by atoms with E-state index in [1.807, 2.05) is 6.07 Å². The number of nitrogens with zero attached hydrogens (tertiary/aromatic N) is 4. The van der Waals surface area contributed by atoms with Gasteiger partial charge in [0.05, 0.1) is 31.5 Å². The fourth-order valence-corrected chi connectivity index (χ4v) is 4.53. The van der Waals surface area contributed by atoms with Crippen molar-refractivity contribution in [2.75, 3.05) is 0 Å². The van der Waals surface area contributed by atoms with Crippen LogP contribution >= 0.6 is 43.5 Å². The third kappa shape index (κ3) is 5.19. The average Bonchev–Trinajstić information content (AvgIpc) is 2.79. The number of fused-ring (bicyclic) bond motifs is 1. The molecule has 0 bridgehead atoms. The van der Waals surface area contributed by atoms with Gasteiger partial charge in [0.25, 0.3) is 11.2 Å². The van der Waals surface area contributed by atoms with Crippen LogP contribution in [0.5, 0.6) is 5.75 Å². The van der Waals surface area contributed by atoms with E-state index in [9.17, 15) is 14.9 Å². The Bertz CT molecular complexity index is 1480. The number of benzene rings is 3. The molecule has 0 amide bonds. The number of nitro groups is 1. The van der Waals surface area contributed by atoms with Gasteiger partial charge in [-0.1, -0.05) is 27.5 Å². The molecular weight excluding hydrogens is 592 g/mol. The van der Waals surface area contributed by atoms with Crippen LogP contribution in [0.3, 0.4) is 0 Å². The van der Waals surface area contributed by atoms with Gasteiger partial charge < -0.3 is 4.74 Å². The van der Waals surface area contributed by atoms with Crippen LogP contribution < -0.4 is 10.3 Å². The fourth-order valence-electron chi connectivity index (χ4n) is 3.18. The summed E-state index contributed by atoms with van der Waals surface area (Å²) in [6.45, 7) is 1.88. The molecule has 0 aliphatic heterocycles. The molecule has 0 N–H and O–H groups in total. The summed E-state index contributed by atoms with van der Waals surface area (Å²) in [6.07, 6.45) is 1.51. The maximum Gasteiger partial charge on any atom is 0.282 e. The monoisotopic (exact) mass is 604 g/mol. The van der Waals surface area contributed by atoms with Crippen molar-refractivity contribution in [1.82, 2.24) is 9.66 Å². The van der Waals surface area contributed by atoms with Gasteiger partial charge in [0.2, 0.25) is 0 Å². The average molecular weight is 607 g/mol. The summed E-state index contributed by atoms with van der Waals surface area (Å²) in [7, 11) is 0. The molecule has 0 unspecified atom stereocenters. The highest BCUT2D eigenvalue weighted by atomic mass is 79.9. The molecule has 0 atom stereocenters. The van der Waals surface area contributed by atoms with E-state index in [1.165, 1.54) is 23.0 Å². The lowest BCUT2D eigenvalue weighted by Crippen LogP contribution is -2.20. The second-order valence-corrected chi connectivity index (χ2v) is 9.39. The third-order valence-corrected chi connectivity index (χ3v) is 6.21. The maximum absolute atomic E-state index is 12.9. The van der Waals surface area contributed by atoms with Gasteiger partial charge in [0.1, 0.15) is 12.4 Å². The Labute approximate surface area is 215 Å². The Balaban J connectivity index is 1.56. The molecule has 0 aliphatic carbocycles. The van der Waals surface area contributed by atoms with E-state index < -0.39 is 4.92 Å². The summed E-state index contributed by atoms with van der Waals surface area (Å²) >= 11 is 13.2. The smallest absolute Gasteiger partial charge is 0.282 e. The number of nitro benzene ring substituents is 1. The zero-order chi connectivity index (χ0) is 24.4. The van der Waals surface area contributed by atoms with Crippen LogP contribution in [0.2, 0.25) is 5.02 Å². The van der Waals surface area contributed by atoms with Gasteiger partial charge in [-0.3, -0.25) is 14.9 Å². The standard InChI is InChI=1S/C23H15Br2ClN4O4/c1-13-28-21-7-4-16(24)10-18(21)23(31)29(13)27-11-15-8-19(25)22(20(26)9-15)34-12-14-2-5-17(6-3-14)30(32)33/h2-11H,12H2,1H3. The first-order chi connectivity index (χ1) is 16.2. The van der Waals surface area contributed by atoms with Crippen LogP contribution in [-0.4, -0.2) is 20.8 Å². The van der Waals surface area contributed by atoms with Crippen LogP contribution in [0, 0.1) is 17.0 Å². The number of aromatic nitrogens is 2. The highest BCUT2D eigenvalue weighted by Gasteiger charge is 2.12. The molecule has 1 aromatic heterocycles. The van der Waals surface area contributed by atoms with Crippen molar-refractivity contribution in [3.05, 3.63) is 106 Å². The summed E-state index contributed by atoms with van der Waals surface area (Å²) in [5.74, 6) is 0.868. The van der Waals surface area contributed by atoms with E-state index in [4.69, 9.17) is 16.3 Å². The molecule has 0 saturated heterocycles. The zero-order valence-corrected chi connectivity index (χ0v) is 21.5. The predicted octanol–water partition coefficient (Wildman–Crippen LogP) is 6.25. The lowest BCUT2D eigenvalue weighted by atomic mass is 10.2. The number of hydrogen-bond acceptors (Lipinski definition) is 6. The molecule has 34 heavy (non-hydrogen) atoms. The largest absolute Gasteiger partial charge is 0.486 e. The first kappa shape index (κ1) is 24.1. The maximum atomic E-state index is 12.9. The molecule has 0 fully saturated rings. The molecule has 172 valence electrons. The Kier molecular flexibility index (Phi) is 7.11. The summed E-state index contributed by atoms with van der Waals surface area (Å²) in [5, 5.41) is 15.9. The summed E-state index contributed by atoms with van der Waals surface area (Å²) < 4.78 is 8.41. The van der Waals surface area contributed by atoms with E-state index in [0.29, 0.717) is 37.5 Å². The number of non-ortho nitro benzene ring substituents is 1. The van der Waals surface area contributed by atoms with Gasteiger partial charge in [-0.05, 0) is 76.4 Å². The van der Waals surface area contributed by atoms with Crippen LogP contribution in [0.4, 0.5) is 5.69 Å². The topological polar surface area (TPSA) is 99.6 Å². The van der Waals surface area contributed by atoms with Crippen LogP contribution in [0.1, 0.15) is 17.0 Å². The minimum absolute atomic E-state index is 0.00944. The molecule has 0 spiro atoms. The molecular formula is C23H15Br2ClN4O4. The van der Waals surface area contributed by atoms with Crippen molar-refractivity contribution in [1.29, 1.82) is 0 Å². The highest BCUT2D eigenvalue weighted by molar-refractivity contribution is 9.10. The number of rotatable bonds is 6. The van der Waals surface area contributed by atoms with Gasteiger partial charge >= 0.3 is 0 Å². The van der Waals surface area contributed by atoms with Crippen molar-refractivity contribution in [2.24, 2.45) is 5.10 Å². The van der Waals surface area contributed by atoms with Crippen molar-refractivity contribution in [2.45, 2.75) is 13.5 Å². The van der Waals surface area contributed by atoms with Crippen LogP contribution in [0.25, 0.3) is 10.9 Å². The first-order valence-corrected chi connectivity index (χ1v) is 11.8. The molecule has 4 aromatic rings. The molecule has 4 rings (SSSR count). The van der Waals surface area contributed by atoms with E-state index in [-0.39, 0.29) is 17.9 Å². The minimum atomic E-state index is -0.457. The number of ether oxygens (including phenoxy) is 1. The third-order valence-electron chi connectivity index (χ3n) is 4.84. The highest BCUT2D eigenvalue weighted by Crippen LogP contribution is 2.35. The molecule has 8 nitrogen and oxygen atoms in total. The predicted molar refractivity (Wildman–Crippen MR) is 138 cm³/mol. The van der Waals surface area contributed by atoms with E-state index in [0.717, 1.165) is 10.0 Å². The minimum Gasteiger partial charge on any atom is -0.486 e. The van der Waals surface area contributed by atoms with Gasteiger partial charge in [0, 0.05) is 16.6 Å². The molecule has 0 aliphatic rings. The van der Waals surface area contributed by atoms with Crippen molar-refractivity contribution >= 4 is 66.3 Å². The number of hydrogen-bond donors (Lipinski definition) is 0. The number of aryl methyl sites for hydroxylation is 1. The fraction of sp³-hybridized carbons (Fsp3) is 0.0870. The Hall–Kier alpha value is -3.08. The second kappa shape index (κ2) is 10.0. The van der Waals surface area contributed by atoms with Gasteiger partial charge in [-0.15, -0.1) is 0 Å². The Morgan fingerprint density at radius 1 is 1.18 bits per heavy atom. The Morgan fingerprint density at radius 2 is 1.91 bits per heavy atom. The quantitative estimate of drug-likeness (QED) is 0.147. The molecule has 1 heterocycles. The number of halogens is 3. The van der Waals surface area contributed by atoms with E-state index >= 15 is 0 Å². The summed E-state index contributed by atoms with van der Waals surface area (Å²) in [5.41, 5.74) is 1.71. The van der Waals surface area contributed by atoms with Crippen molar-refractivity contribution < 1.29 is 9.66 Å². The van der Waals surface area contributed by atoms with Gasteiger partial charge in [-0.2, -0.15) is 9.78 Å². The van der Waals surface area contributed by atoms with Crippen molar-refractivity contribution in [3.63, 3.8) is 0 Å². The van der Waals surface area contributed by atoms with Gasteiger partial charge in [0.15, 0.2) is 5.75 Å². The van der Waals surface area contributed by atoms with E-state index in [2.05, 4.69) is 41.9 Å². The zero-order valence-electron chi connectivity index (χ0n) is 17.5. The van der Waals surface area contributed by atoms with Crippen LogP contribution in [0.15, 0.2) is 73.4 Å². The summed E-state index contributed by atoms with van der Waals surface area (Å²) in [4.78, 5) is 27.7. The normalized spacial score (nSPS) is 11.3. The molecule has 0 radical (unpaired) electrons. The Morgan fingerprint density at radius 3 is 2.59 bits per heavy atom. The van der Waals surface area contributed by atoms with Gasteiger partial charge in [-0.25, -0.2) is 4.98 Å². The van der Waals surface area contributed by atoms with Crippen molar-refractivity contribution in [3.8, 4) is 5.75 Å². The SMILES string of the molecule is Cc1nc2ccc(Br)cc2c(=O)n1N=Cc1cc(Cl)c(OCc2ccc([N+](=O)[O-])cc2)c(Br)c1. The second-order valence-electron chi connectivity index (χ2n) is 7.21. The molecule has 3 aromatic carbocycles. The summed E-state index contributed by atoms with van der Waals surface area (Å²) in [6, 6.07) is 14.8. The lowest BCUT2D eigenvalue weighted by molar-refractivity contribution is -0.384. The van der Waals surface area contributed by atoms with Crippen LogP contribution in [-0.2, 0) is 6.61 Å². The molecule has 11 heteroatoms. The molecule has 0 saturated carbocycles. The first-order valence-electron chi connectivity index (χ1n) is 9.81.